The highest BCUT2D eigenvalue weighted by Gasteiger charge is 2.11. The fourth-order valence-electron chi connectivity index (χ4n) is 0.422. The largest absolute Gasteiger partial charge is 0.394 e. The lowest BCUT2D eigenvalue weighted by atomic mass is 10.7. The predicted molar refractivity (Wildman–Crippen MR) is 28.6 cm³/mol. The molecule has 1 N–H and O–H groups in total. The van der Waals surface area contributed by atoms with Crippen molar-refractivity contribution >= 4 is 5.71 Å². The molecule has 0 aliphatic heterocycles. The van der Waals surface area contributed by atoms with Crippen LogP contribution in [0.3, 0.4) is 0 Å². The van der Waals surface area contributed by atoms with Crippen LogP contribution in [0, 0.1) is 0 Å². The number of aliphatic hydroxyl groups is 1. The standard InChI is InChI=1S/C5H9NO/c7-4-3-6-5-1-2-5/h7H,1-4H2. The molecule has 1 saturated carbocycles. The van der Waals surface area contributed by atoms with E-state index in [1.165, 1.54) is 18.6 Å². The van der Waals surface area contributed by atoms with Gasteiger partial charge in [-0.05, 0) is 12.8 Å². The van der Waals surface area contributed by atoms with Gasteiger partial charge in [-0.3, -0.25) is 4.99 Å². The van der Waals surface area contributed by atoms with Crippen LogP contribution in [0.1, 0.15) is 12.8 Å². The summed E-state index contributed by atoms with van der Waals surface area (Å²) in [5.41, 5.74) is 1.27. The first-order valence-corrected chi connectivity index (χ1v) is 2.56. The second-order valence-corrected chi connectivity index (χ2v) is 1.67. The normalized spacial score (nSPS) is 17.0. The third-order valence-corrected chi connectivity index (χ3v) is 0.909. The molecule has 0 amide bonds. The van der Waals surface area contributed by atoms with Crippen molar-refractivity contribution in [3.63, 3.8) is 0 Å². The Hall–Kier alpha value is -0.370. The Morgan fingerprint density at radius 2 is 2.29 bits per heavy atom. The van der Waals surface area contributed by atoms with Crippen LogP contribution in [0.15, 0.2) is 4.99 Å². The number of aliphatic hydroxyl groups excluding tert-OH is 1. The number of hydrogen-bond donors (Lipinski definition) is 1. The Morgan fingerprint density at radius 1 is 1.57 bits per heavy atom. The van der Waals surface area contributed by atoms with E-state index in [0.29, 0.717) is 6.54 Å². The van der Waals surface area contributed by atoms with E-state index < -0.39 is 0 Å². The van der Waals surface area contributed by atoms with Crippen LogP contribution < -0.4 is 0 Å². The van der Waals surface area contributed by atoms with Gasteiger partial charge < -0.3 is 5.11 Å². The molecular weight excluding hydrogens is 90.1 g/mol. The third kappa shape index (κ3) is 1.69. The second-order valence-electron chi connectivity index (χ2n) is 1.67. The summed E-state index contributed by atoms with van der Waals surface area (Å²) in [6, 6.07) is 0. The quantitative estimate of drug-likeness (QED) is 0.527. The van der Waals surface area contributed by atoms with E-state index in [4.69, 9.17) is 5.11 Å². The molecule has 0 bridgehead atoms. The van der Waals surface area contributed by atoms with Gasteiger partial charge in [0.1, 0.15) is 0 Å². The summed E-state index contributed by atoms with van der Waals surface area (Å²) in [6.45, 7) is 0.804. The van der Waals surface area contributed by atoms with Crippen molar-refractivity contribution in [1.82, 2.24) is 0 Å². The van der Waals surface area contributed by atoms with Crippen molar-refractivity contribution in [1.29, 1.82) is 0 Å². The Bertz CT molecular complexity index is 82.1. The molecular formula is C5H9NO. The summed E-state index contributed by atoms with van der Waals surface area (Å²) in [5.74, 6) is 0. The highest BCUT2D eigenvalue weighted by molar-refractivity contribution is 5.97. The molecule has 0 aromatic rings. The van der Waals surface area contributed by atoms with E-state index in [1.807, 2.05) is 0 Å². The summed E-state index contributed by atoms with van der Waals surface area (Å²) in [6.07, 6.45) is 2.33. The average molecular weight is 99.1 g/mol. The predicted octanol–water partition coefficient (Wildman–Crippen LogP) is 0.214. The number of hydrogen-bond acceptors (Lipinski definition) is 2. The van der Waals surface area contributed by atoms with Gasteiger partial charge in [-0.25, -0.2) is 0 Å². The van der Waals surface area contributed by atoms with Gasteiger partial charge in [-0.1, -0.05) is 0 Å². The van der Waals surface area contributed by atoms with Crippen LogP contribution in [-0.4, -0.2) is 24.0 Å². The van der Waals surface area contributed by atoms with E-state index in [1.54, 1.807) is 0 Å². The van der Waals surface area contributed by atoms with Crippen molar-refractivity contribution in [3.8, 4) is 0 Å². The minimum atomic E-state index is 0.198. The van der Waals surface area contributed by atoms with Crippen LogP contribution in [0.5, 0.6) is 0 Å². The van der Waals surface area contributed by atoms with Gasteiger partial charge in [-0.15, -0.1) is 0 Å². The Labute approximate surface area is 42.9 Å². The van der Waals surface area contributed by atoms with E-state index in [2.05, 4.69) is 4.99 Å². The lowest BCUT2D eigenvalue weighted by Gasteiger charge is -1.79. The molecule has 0 heterocycles. The molecule has 0 atom stereocenters. The van der Waals surface area contributed by atoms with Crippen molar-refractivity contribution in [3.05, 3.63) is 0 Å². The van der Waals surface area contributed by atoms with Crippen molar-refractivity contribution in [2.24, 2.45) is 4.99 Å². The van der Waals surface area contributed by atoms with E-state index >= 15 is 0 Å². The highest BCUT2D eigenvalue weighted by atomic mass is 16.3. The van der Waals surface area contributed by atoms with Crippen molar-refractivity contribution in [2.75, 3.05) is 13.2 Å². The molecule has 0 aromatic carbocycles. The smallest absolute Gasteiger partial charge is 0.0626 e. The summed E-state index contributed by atoms with van der Waals surface area (Å²) < 4.78 is 0. The molecule has 0 unspecified atom stereocenters. The first kappa shape index (κ1) is 4.78. The molecule has 40 valence electrons. The third-order valence-electron chi connectivity index (χ3n) is 0.909. The molecule has 2 heteroatoms. The van der Waals surface area contributed by atoms with Gasteiger partial charge >= 0.3 is 0 Å². The molecule has 0 radical (unpaired) electrons. The Balaban J connectivity index is 2.07. The summed E-state index contributed by atoms with van der Waals surface area (Å²) >= 11 is 0. The monoisotopic (exact) mass is 99.1 g/mol. The van der Waals surface area contributed by atoms with Gasteiger partial charge in [0.15, 0.2) is 0 Å². The zero-order valence-corrected chi connectivity index (χ0v) is 4.22. The molecule has 0 saturated heterocycles. The first-order valence-electron chi connectivity index (χ1n) is 2.56. The molecule has 7 heavy (non-hydrogen) atoms. The SMILES string of the molecule is OCCN=C1CC1. The molecule has 1 aliphatic rings. The minimum Gasteiger partial charge on any atom is -0.394 e. The topological polar surface area (TPSA) is 32.6 Å². The molecule has 2 nitrogen and oxygen atoms in total. The second kappa shape index (κ2) is 2.07. The van der Waals surface area contributed by atoms with Gasteiger partial charge in [0.25, 0.3) is 0 Å². The average Bonchev–Trinajstić information content (AvgIpc) is 2.42. The van der Waals surface area contributed by atoms with Crippen LogP contribution in [0.2, 0.25) is 0 Å². The summed E-state index contributed by atoms with van der Waals surface area (Å²) in [4.78, 5) is 4.02. The molecule has 0 aromatic heterocycles. The van der Waals surface area contributed by atoms with Crippen LogP contribution in [0.4, 0.5) is 0 Å². The number of rotatable bonds is 2. The van der Waals surface area contributed by atoms with E-state index in [9.17, 15) is 0 Å². The lowest BCUT2D eigenvalue weighted by molar-refractivity contribution is 0.307. The fraction of sp³-hybridized carbons (Fsp3) is 0.800. The number of aliphatic imine (C=N–C) groups is 1. The first-order chi connectivity index (χ1) is 3.43. The van der Waals surface area contributed by atoms with Crippen LogP contribution in [-0.2, 0) is 0 Å². The highest BCUT2D eigenvalue weighted by Crippen LogP contribution is 2.13. The molecule has 1 fully saturated rings. The zero-order valence-electron chi connectivity index (χ0n) is 4.22. The van der Waals surface area contributed by atoms with Crippen molar-refractivity contribution in [2.45, 2.75) is 12.8 Å². The van der Waals surface area contributed by atoms with Gasteiger partial charge in [-0.2, -0.15) is 0 Å². The zero-order chi connectivity index (χ0) is 5.11. The van der Waals surface area contributed by atoms with Gasteiger partial charge in [0, 0.05) is 5.71 Å². The molecule has 0 spiro atoms. The maximum Gasteiger partial charge on any atom is 0.0626 e. The van der Waals surface area contributed by atoms with Gasteiger partial charge in [0.05, 0.1) is 13.2 Å². The minimum absolute atomic E-state index is 0.198. The lowest BCUT2D eigenvalue weighted by Crippen LogP contribution is -1.86. The maximum atomic E-state index is 8.24. The maximum absolute atomic E-state index is 8.24. The van der Waals surface area contributed by atoms with E-state index in [0.717, 1.165) is 0 Å². The van der Waals surface area contributed by atoms with Gasteiger partial charge in [0.2, 0.25) is 0 Å². The van der Waals surface area contributed by atoms with Crippen molar-refractivity contribution < 1.29 is 5.11 Å². The Morgan fingerprint density at radius 3 is 2.71 bits per heavy atom. The fourth-order valence-corrected chi connectivity index (χ4v) is 0.422. The van der Waals surface area contributed by atoms with Crippen LogP contribution in [0.25, 0.3) is 0 Å². The number of nitrogens with zero attached hydrogens (tertiary/aromatic N) is 1. The Kier molecular flexibility index (Phi) is 1.42. The summed E-state index contributed by atoms with van der Waals surface area (Å²) in [5, 5.41) is 8.24. The van der Waals surface area contributed by atoms with Crippen LogP contribution >= 0.6 is 0 Å². The summed E-state index contributed by atoms with van der Waals surface area (Å²) in [7, 11) is 0. The van der Waals surface area contributed by atoms with E-state index in [-0.39, 0.29) is 6.61 Å². The molecule has 1 aliphatic carbocycles. The molecule has 1 rings (SSSR count).